The molecule has 1 heterocycles. The topological polar surface area (TPSA) is 75.6 Å². The van der Waals surface area contributed by atoms with E-state index in [0.29, 0.717) is 0 Å². The lowest BCUT2D eigenvalue weighted by atomic mass is 9.96. The molecule has 2 unspecified atom stereocenters. The Balaban J connectivity index is 2.62. The summed E-state index contributed by atoms with van der Waals surface area (Å²) in [6.45, 7) is 0.159. The molecule has 0 aromatic rings. The first kappa shape index (κ1) is 8.99. The molecule has 2 atom stereocenters. The van der Waals surface area contributed by atoms with Crippen molar-refractivity contribution in [3.63, 3.8) is 0 Å². The third kappa shape index (κ3) is 1.73. The van der Waals surface area contributed by atoms with Gasteiger partial charge in [-0.05, 0) is 0 Å². The summed E-state index contributed by atoms with van der Waals surface area (Å²) < 4.78 is 4.89. The lowest BCUT2D eigenvalue weighted by Crippen LogP contribution is -2.47. The Morgan fingerprint density at radius 2 is 2.42 bits per heavy atom. The fourth-order valence-corrected chi connectivity index (χ4v) is 1.25. The number of methoxy groups -OCH3 is 1. The van der Waals surface area contributed by atoms with Crippen LogP contribution < -0.4 is 5.32 Å². The number of carbonyl (C=O) groups excluding carboxylic acids is 1. The maximum absolute atomic E-state index is 10.8. The zero-order chi connectivity index (χ0) is 9.14. The van der Waals surface area contributed by atoms with Crippen molar-refractivity contribution in [3.8, 4) is 0 Å². The van der Waals surface area contributed by atoms with Crippen molar-refractivity contribution in [1.82, 2.24) is 5.32 Å². The minimum absolute atomic E-state index is 0.132. The SMILES string of the molecule is COC1CC(=O)NCC1C(=O)O. The van der Waals surface area contributed by atoms with Crippen LogP contribution in [-0.4, -0.2) is 36.7 Å². The number of ether oxygens (including phenoxy) is 1. The number of hydrogen-bond donors (Lipinski definition) is 2. The number of carbonyl (C=O) groups is 2. The first-order valence-corrected chi connectivity index (χ1v) is 3.67. The van der Waals surface area contributed by atoms with Crippen LogP contribution in [0.5, 0.6) is 0 Å². The minimum atomic E-state index is -0.929. The van der Waals surface area contributed by atoms with Crippen LogP contribution in [0.15, 0.2) is 0 Å². The molecular formula is C7H11NO4. The lowest BCUT2D eigenvalue weighted by Gasteiger charge is -2.27. The summed E-state index contributed by atoms with van der Waals surface area (Å²) in [5, 5.41) is 11.2. The molecule has 0 aromatic heterocycles. The maximum Gasteiger partial charge on any atom is 0.310 e. The largest absolute Gasteiger partial charge is 0.481 e. The molecule has 1 aliphatic heterocycles. The molecule has 1 rings (SSSR count). The van der Waals surface area contributed by atoms with E-state index in [2.05, 4.69) is 5.32 Å². The van der Waals surface area contributed by atoms with Crippen molar-refractivity contribution in [3.05, 3.63) is 0 Å². The molecule has 0 radical (unpaired) electrons. The van der Waals surface area contributed by atoms with Crippen LogP contribution in [0.4, 0.5) is 0 Å². The monoisotopic (exact) mass is 173 g/mol. The molecule has 1 amide bonds. The fraction of sp³-hybridized carbons (Fsp3) is 0.714. The summed E-state index contributed by atoms with van der Waals surface area (Å²) in [7, 11) is 1.42. The Morgan fingerprint density at radius 3 is 2.92 bits per heavy atom. The van der Waals surface area contributed by atoms with Crippen LogP contribution in [0.3, 0.4) is 0 Å². The van der Waals surface area contributed by atoms with Crippen LogP contribution >= 0.6 is 0 Å². The predicted molar refractivity (Wildman–Crippen MR) is 39.5 cm³/mol. The number of carboxylic acids is 1. The van der Waals surface area contributed by atoms with Gasteiger partial charge in [0.25, 0.3) is 0 Å². The van der Waals surface area contributed by atoms with Crippen LogP contribution in [0, 0.1) is 5.92 Å². The quantitative estimate of drug-likeness (QED) is 0.574. The molecule has 1 saturated heterocycles. The number of hydrogen-bond acceptors (Lipinski definition) is 3. The number of nitrogens with one attached hydrogen (secondary N) is 1. The molecule has 1 aliphatic rings. The highest BCUT2D eigenvalue weighted by atomic mass is 16.5. The van der Waals surface area contributed by atoms with E-state index in [0.717, 1.165) is 0 Å². The van der Waals surface area contributed by atoms with Crippen LogP contribution in [0.25, 0.3) is 0 Å². The highest BCUT2D eigenvalue weighted by Crippen LogP contribution is 2.14. The van der Waals surface area contributed by atoms with E-state index in [1.54, 1.807) is 0 Å². The maximum atomic E-state index is 10.8. The number of carboxylic acid groups (broad SMARTS) is 1. The third-order valence-electron chi connectivity index (χ3n) is 1.97. The molecule has 0 bridgehead atoms. The average molecular weight is 173 g/mol. The summed E-state index contributed by atoms with van der Waals surface area (Å²) in [5.41, 5.74) is 0. The van der Waals surface area contributed by atoms with E-state index >= 15 is 0 Å². The smallest absolute Gasteiger partial charge is 0.310 e. The van der Waals surface area contributed by atoms with E-state index in [9.17, 15) is 9.59 Å². The van der Waals surface area contributed by atoms with Gasteiger partial charge in [-0.15, -0.1) is 0 Å². The number of rotatable bonds is 2. The van der Waals surface area contributed by atoms with Crippen molar-refractivity contribution >= 4 is 11.9 Å². The van der Waals surface area contributed by atoms with Gasteiger partial charge in [-0.25, -0.2) is 0 Å². The van der Waals surface area contributed by atoms with Crippen molar-refractivity contribution < 1.29 is 19.4 Å². The van der Waals surface area contributed by atoms with Gasteiger partial charge in [-0.2, -0.15) is 0 Å². The van der Waals surface area contributed by atoms with E-state index in [4.69, 9.17) is 9.84 Å². The van der Waals surface area contributed by atoms with Crippen LogP contribution in [0.1, 0.15) is 6.42 Å². The Labute approximate surface area is 69.7 Å². The number of piperidine rings is 1. The number of aliphatic carboxylic acids is 1. The Bertz CT molecular complexity index is 204. The summed E-state index contributed by atoms with van der Waals surface area (Å²) in [6, 6.07) is 0. The summed E-state index contributed by atoms with van der Waals surface area (Å²) >= 11 is 0. The van der Waals surface area contributed by atoms with Gasteiger partial charge in [0.05, 0.1) is 12.5 Å². The molecule has 1 fully saturated rings. The second kappa shape index (κ2) is 3.53. The van der Waals surface area contributed by atoms with Crippen LogP contribution in [0.2, 0.25) is 0 Å². The Morgan fingerprint density at radius 1 is 1.75 bits per heavy atom. The normalized spacial score (nSPS) is 29.6. The summed E-state index contributed by atoms with van der Waals surface area (Å²) in [6.07, 6.45) is -0.357. The van der Waals surface area contributed by atoms with Crippen LogP contribution in [-0.2, 0) is 14.3 Å². The van der Waals surface area contributed by atoms with Gasteiger partial charge in [0.2, 0.25) is 5.91 Å². The first-order valence-electron chi connectivity index (χ1n) is 3.67. The summed E-state index contributed by atoms with van der Waals surface area (Å²) in [5.74, 6) is -1.70. The predicted octanol–water partition coefficient (Wildman–Crippen LogP) is -0.778. The van der Waals surface area contributed by atoms with E-state index < -0.39 is 18.0 Å². The number of amides is 1. The standard InChI is InChI=1S/C7H11NO4/c1-12-5-2-6(9)8-3-4(5)7(10)11/h4-5H,2-3H2,1H3,(H,8,9)(H,10,11). The van der Waals surface area contributed by atoms with Crippen molar-refractivity contribution in [2.75, 3.05) is 13.7 Å². The first-order chi connectivity index (χ1) is 5.65. The fourth-order valence-electron chi connectivity index (χ4n) is 1.25. The van der Waals surface area contributed by atoms with Gasteiger partial charge >= 0.3 is 5.97 Å². The summed E-state index contributed by atoms with van der Waals surface area (Å²) in [4.78, 5) is 21.4. The van der Waals surface area contributed by atoms with E-state index in [1.807, 2.05) is 0 Å². The zero-order valence-corrected chi connectivity index (χ0v) is 6.74. The molecule has 0 spiro atoms. The van der Waals surface area contributed by atoms with Gasteiger partial charge < -0.3 is 15.2 Å². The Hall–Kier alpha value is -1.10. The second-order valence-corrected chi connectivity index (χ2v) is 2.73. The second-order valence-electron chi connectivity index (χ2n) is 2.73. The average Bonchev–Trinajstić information content (AvgIpc) is 2.03. The van der Waals surface area contributed by atoms with Crippen molar-refractivity contribution in [2.45, 2.75) is 12.5 Å². The minimum Gasteiger partial charge on any atom is -0.481 e. The molecule has 12 heavy (non-hydrogen) atoms. The molecule has 68 valence electrons. The molecule has 0 aromatic carbocycles. The van der Waals surface area contributed by atoms with Crippen molar-refractivity contribution in [2.24, 2.45) is 5.92 Å². The molecular weight excluding hydrogens is 162 g/mol. The van der Waals surface area contributed by atoms with Crippen molar-refractivity contribution in [1.29, 1.82) is 0 Å². The molecule has 0 saturated carbocycles. The zero-order valence-electron chi connectivity index (χ0n) is 6.74. The van der Waals surface area contributed by atoms with Gasteiger partial charge in [-0.1, -0.05) is 0 Å². The lowest BCUT2D eigenvalue weighted by molar-refractivity contribution is -0.149. The van der Waals surface area contributed by atoms with Gasteiger partial charge in [-0.3, -0.25) is 9.59 Å². The third-order valence-corrected chi connectivity index (χ3v) is 1.97. The van der Waals surface area contributed by atoms with Gasteiger partial charge in [0, 0.05) is 13.7 Å². The Kier molecular flexibility index (Phi) is 2.65. The molecule has 2 N–H and O–H groups in total. The van der Waals surface area contributed by atoms with Gasteiger partial charge in [0.1, 0.15) is 5.92 Å². The molecule has 0 aliphatic carbocycles. The highest BCUT2D eigenvalue weighted by Gasteiger charge is 2.34. The van der Waals surface area contributed by atoms with Gasteiger partial charge in [0.15, 0.2) is 0 Å². The van der Waals surface area contributed by atoms with E-state index in [1.165, 1.54) is 7.11 Å². The molecule has 5 nitrogen and oxygen atoms in total. The molecule has 5 heteroatoms. The van der Waals surface area contributed by atoms with E-state index in [-0.39, 0.29) is 18.9 Å². The highest BCUT2D eigenvalue weighted by molar-refractivity contribution is 5.81.